The first kappa shape index (κ1) is 21.4. The maximum Gasteiger partial charge on any atom is 0.417 e. The molecule has 0 aliphatic rings. The van der Waals surface area contributed by atoms with Crippen molar-refractivity contribution in [2.45, 2.75) is 19.6 Å². The van der Waals surface area contributed by atoms with Gasteiger partial charge in [0.1, 0.15) is 5.65 Å². The Morgan fingerprint density at radius 2 is 1.34 bits per heavy atom. The van der Waals surface area contributed by atoms with Gasteiger partial charge in [0.05, 0.1) is 33.4 Å². The Morgan fingerprint density at radius 1 is 0.743 bits per heavy atom. The zero-order valence-corrected chi connectivity index (χ0v) is 18.8. The number of alkyl halides is 3. The number of halogens is 3. The molecule has 0 aliphatic carbocycles. The van der Waals surface area contributed by atoms with Gasteiger partial charge in [0.15, 0.2) is 0 Å². The first-order valence-electron chi connectivity index (χ1n) is 11.4. The van der Waals surface area contributed by atoms with Crippen molar-refractivity contribution in [1.29, 1.82) is 0 Å². The summed E-state index contributed by atoms with van der Waals surface area (Å²) in [4.78, 5) is 9.65. The fraction of sp³-hybridized carbons (Fsp3) is 0.103. The minimum Gasteiger partial charge on any atom is -0.324 e. The van der Waals surface area contributed by atoms with E-state index in [2.05, 4.69) is 0 Å². The normalized spacial score (nSPS) is 12.1. The largest absolute Gasteiger partial charge is 0.417 e. The molecule has 172 valence electrons. The molecule has 0 unspecified atom stereocenters. The molecule has 6 heteroatoms. The molecule has 0 aliphatic heterocycles. The van der Waals surface area contributed by atoms with Crippen LogP contribution in [0.4, 0.5) is 13.2 Å². The minimum absolute atomic E-state index is 0.0389. The molecule has 0 N–H and O–H groups in total. The van der Waals surface area contributed by atoms with Gasteiger partial charge in [-0.25, -0.2) is 9.97 Å². The van der Waals surface area contributed by atoms with Crippen molar-refractivity contribution in [3.8, 4) is 22.5 Å². The van der Waals surface area contributed by atoms with Crippen LogP contribution in [0, 0.1) is 0 Å². The van der Waals surface area contributed by atoms with Gasteiger partial charge in [-0.15, -0.1) is 0 Å². The Labute approximate surface area is 199 Å². The molecule has 0 saturated carbocycles. The first-order valence-corrected chi connectivity index (χ1v) is 11.4. The highest BCUT2D eigenvalue weighted by molar-refractivity contribution is 6.18. The minimum atomic E-state index is -4.57. The lowest BCUT2D eigenvalue weighted by atomic mass is 10.0. The van der Waals surface area contributed by atoms with Crippen LogP contribution in [0.5, 0.6) is 0 Å². The number of rotatable bonds is 3. The highest BCUT2D eigenvalue weighted by Gasteiger charge is 2.36. The third kappa shape index (κ3) is 3.36. The number of hydrogen-bond donors (Lipinski definition) is 0. The summed E-state index contributed by atoms with van der Waals surface area (Å²) in [5.41, 5.74) is 2.99. The number of aryl methyl sites for hydroxylation is 1. The fourth-order valence-corrected chi connectivity index (χ4v) is 4.87. The summed E-state index contributed by atoms with van der Waals surface area (Å²) in [5.74, 6) is 0. The third-order valence-electron chi connectivity index (χ3n) is 6.39. The molecule has 3 aromatic carbocycles. The SMILES string of the molecule is CCn1c2nc(-c3ccccc3)cc(C(F)(F)F)c2c2nc(-c3ccccc3)c3ccccc3c21. The van der Waals surface area contributed by atoms with Gasteiger partial charge in [-0.05, 0) is 13.0 Å². The lowest BCUT2D eigenvalue weighted by Gasteiger charge is -2.12. The van der Waals surface area contributed by atoms with Crippen LogP contribution in [0.15, 0.2) is 91.0 Å². The second-order valence-electron chi connectivity index (χ2n) is 8.43. The molecule has 3 aromatic heterocycles. The number of pyridine rings is 2. The molecular formula is C29H20F3N3. The van der Waals surface area contributed by atoms with Crippen molar-refractivity contribution < 1.29 is 13.2 Å². The summed E-state index contributed by atoms with van der Waals surface area (Å²) < 4.78 is 45.4. The van der Waals surface area contributed by atoms with Gasteiger partial charge >= 0.3 is 6.18 Å². The van der Waals surface area contributed by atoms with Gasteiger partial charge in [-0.1, -0.05) is 84.9 Å². The van der Waals surface area contributed by atoms with E-state index in [1.807, 2.05) is 72.2 Å². The first-order chi connectivity index (χ1) is 17.0. The molecule has 3 nitrogen and oxygen atoms in total. The summed E-state index contributed by atoms with van der Waals surface area (Å²) in [5, 5.41) is 1.78. The average Bonchev–Trinajstić information content (AvgIpc) is 3.21. The van der Waals surface area contributed by atoms with Gasteiger partial charge in [-0.3, -0.25) is 0 Å². The Hall–Kier alpha value is -4.19. The zero-order valence-electron chi connectivity index (χ0n) is 18.8. The molecule has 0 amide bonds. The standard InChI is InChI=1S/C29H20F3N3/c1-2-35-27-21-16-10-9-15-20(21)25(19-13-7-4-8-14-19)34-26(27)24-22(29(30,31)32)17-23(33-28(24)35)18-11-5-3-6-12-18/h3-17H,2H2,1H3. The fourth-order valence-electron chi connectivity index (χ4n) is 4.87. The summed E-state index contributed by atoms with van der Waals surface area (Å²) in [7, 11) is 0. The van der Waals surface area contributed by atoms with E-state index in [9.17, 15) is 13.2 Å². The number of hydrogen-bond acceptors (Lipinski definition) is 2. The topological polar surface area (TPSA) is 30.7 Å². The summed E-state index contributed by atoms with van der Waals surface area (Å²) >= 11 is 0. The lowest BCUT2D eigenvalue weighted by Crippen LogP contribution is -2.08. The van der Waals surface area contributed by atoms with Crippen LogP contribution in [0.2, 0.25) is 0 Å². The van der Waals surface area contributed by atoms with E-state index in [0.29, 0.717) is 34.5 Å². The van der Waals surface area contributed by atoms with Gasteiger partial charge < -0.3 is 4.57 Å². The number of benzene rings is 3. The van der Waals surface area contributed by atoms with Gasteiger partial charge in [0.2, 0.25) is 0 Å². The molecule has 3 heterocycles. The molecule has 6 rings (SSSR count). The van der Waals surface area contributed by atoms with E-state index in [4.69, 9.17) is 9.97 Å². The van der Waals surface area contributed by atoms with Crippen molar-refractivity contribution in [3.05, 3.63) is 96.6 Å². The van der Waals surface area contributed by atoms with Gasteiger partial charge in [0, 0.05) is 28.4 Å². The van der Waals surface area contributed by atoms with Crippen molar-refractivity contribution >= 4 is 32.8 Å². The van der Waals surface area contributed by atoms with E-state index in [0.717, 1.165) is 22.4 Å². The van der Waals surface area contributed by atoms with E-state index in [-0.39, 0.29) is 11.1 Å². The second-order valence-corrected chi connectivity index (χ2v) is 8.43. The van der Waals surface area contributed by atoms with Gasteiger partial charge in [-0.2, -0.15) is 13.2 Å². The Balaban J connectivity index is 1.84. The lowest BCUT2D eigenvalue weighted by molar-refractivity contribution is -0.136. The van der Waals surface area contributed by atoms with Crippen LogP contribution in [0.1, 0.15) is 12.5 Å². The van der Waals surface area contributed by atoms with Gasteiger partial charge in [0.25, 0.3) is 0 Å². The van der Waals surface area contributed by atoms with Crippen molar-refractivity contribution in [3.63, 3.8) is 0 Å². The van der Waals surface area contributed by atoms with Crippen molar-refractivity contribution in [2.75, 3.05) is 0 Å². The van der Waals surface area contributed by atoms with Crippen LogP contribution >= 0.6 is 0 Å². The molecule has 0 fully saturated rings. The van der Waals surface area contributed by atoms with Crippen molar-refractivity contribution in [2.24, 2.45) is 0 Å². The highest BCUT2D eigenvalue weighted by Crippen LogP contribution is 2.43. The number of fused-ring (bicyclic) bond motifs is 5. The van der Waals surface area contributed by atoms with E-state index in [1.54, 1.807) is 24.3 Å². The average molecular weight is 467 g/mol. The summed E-state index contributed by atoms with van der Waals surface area (Å²) in [6.45, 7) is 2.38. The molecule has 0 spiro atoms. The highest BCUT2D eigenvalue weighted by atomic mass is 19.4. The van der Waals surface area contributed by atoms with E-state index in [1.165, 1.54) is 0 Å². The smallest absolute Gasteiger partial charge is 0.324 e. The second kappa shape index (κ2) is 7.94. The molecule has 0 saturated heterocycles. The van der Waals surface area contributed by atoms with E-state index >= 15 is 0 Å². The Morgan fingerprint density at radius 3 is 1.97 bits per heavy atom. The molecule has 0 atom stereocenters. The Bertz CT molecular complexity index is 1700. The maximum absolute atomic E-state index is 14.5. The molecule has 0 radical (unpaired) electrons. The number of nitrogens with zero attached hydrogens (tertiary/aromatic N) is 3. The molecular weight excluding hydrogens is 447 g/mol. The van der Waals surface area contributed by atoms with Crippen LogP contribution < -0.4 is 0 Å². The molecule has 6 aromatic rings. The molecule has 0 bridgehead atoms. The number of aromatic nitrogens is 3. The van der Waals surface area contributed by atoms with Crippen LogP contribution in [-0.2, 0) is 12.7 Å². The van der Waals surface area contributed by atoms with E-state index < -0.39 is 11.7 Å². The predicted octanol–water partition coefficient (Wildman–Crippen LogP) is 8.11. The summed E-state index contributed by atoms with van der Waals surface area (Å²) in [6, 6.07) is 27.4. The summed E-state index contributed by atoms with van der Waals surface area (Å²) in [6.07, 6.45) is -4.57. The van der Waals surface area contributed by atoms with Crippen molar-refractivity contribution in [1.82, 2.24) is 14.5 Å². The predicted molar refractivity (Wildman–Crippen MR) is 134 cm³/mol. The third-order valence-corrected chi connectivity index (χ3v) is 6.39. The zero-order chi connectivity index (χ0) is 24.2. The maximum atomic E-state index is 14.5. The quantitative estimate of drug-likeness (QED) is 0.263. The van der Waals surface area contributed by atoms with Crippen LogP contribution in [0.3, 0.4) is 0 Å². The van der Waals surface area contributed by atoms with Crippen LogP contribution in [0.25, 0.3) is 55.4 Å². The Kier molecular flexibility index (Phi) is 4.85. The van der Waals surface area contributed by atoms with Crippen LogP contribution in [-0.4, -0.2) is 14.5 Å². The monoisotopic (exact) mass is 467 g/mol. The molecule has 35 heavy (non-hydrogen) atoms.